The summed E-state index contributed by atoms with van der Waals surface area (Å²) in [7, 11) is 1.59. The normalized spacial score (nSPS) is 19.0. The number of aryl methyl sites for hydroxylation is 1. The van der Waals surface area contributed by atoms with E-state index in [2.05, 4.69) is 31.1 Å². The Kier molecular flexibility index (Phi) is 8.57. The van der Waals surface area contributed by atoms with Crippen LogP contribution >= 0.6 is 0 Å². The maximum absolute atomic E-state index is 12.6. The number of hydrogen-bond acceptors (Lipinski definition) is 7. The molecular formula is C22H33N7O3. The Balaban J connectivity index is 1.89. The van der Waals surface area contributed by atoms with Gasteiger partial charge in [0.1, 0.15) is 5.82 Å². The highest BCUT2D eigenvalue weighted by molar-refractivity contribution is 5.96. The first-order chi connectivity index (χ1) is 15.5. The third-order valence-electron chi connectivity index (χ3n) is 5.32. The number of hydroxylamine groups is 1. The molecule has 0 spiro atoms. The molecule has 1 amide bonds. The second-order valence-electron chi connectivity index (χ2n) is 7.82. The van der Waals surface area contributed by atoms with Crippen LogP contribution in [0.5, 0.6) is 0 Å². The summed E-state index contributed by atoms with van der Waals surface area (Å²) < 4.78 is 5.00. The SMILES string of the molecule is CCONC(N)=N[C@@H]1CCCC[C@@H]1Nc1nc(C(=O)NCCOC)nc2ccc(C)cc12. The van der Waals surface area contributed by atoms with Gasteiger partial charge < -0.3 is 21.1 Å². The van der Waals surface area contributed by atoms with Crippen LogP contribution in [0.1, 0.15) is 48.8 Å². The lowest BCUT2D eigenvalue weighted by molar-refractivity contribution is 0.0927. The first-order valence-corrected chi connectivity index (χ1v) is 11.0. The van der Waals surface area contributed by atoms with Gasteiger partial charge in [-0.05, 0) is 38.8 Å². The minimum absolute atomic E-state index is 0.0220. The van der Waals surface area contributed by atoms with Gasteiger partial charge in [0.05, 0.1) is 30.8 Å². The Hall–Kier alpha value is -2.98. The molecule has 10 nitrogen and oxygen atoms in total. The molecule has 174 valence electrons. The third-order valence-corrected chi connectivity index (χ3v) is 5.32. The molecule has 1 heterocycles. The fraction of sp³-hybridized carbons (Fsp3) is 0.545. The maximum Gasteiger partial charge on any atom is 0.289 e. The number of benzene rings is 1. The molecule has 0 saturated heterocycles. The van der Waals surface area contributed by atoms with Crippen molar-refractivity contribution < 1.29 is 14.4 Å². The van der Waals surface area contributed by atoms with Crippen molar-refractivity contribution in [2.45, 2.75) is 51.6 Å². The number of nitrogens with zero attached hydrogens (tertiary/aromatic N) is 3. The molecule has 1 fully saturated rings. The molecule has 5 N–H and O–H groups in total. The Morgan fingerprint density at radius 3 is 2.88 bits per heavy atom. The van der Waals surface area contributed by atoms with Crippen LogP contribution in [0.15, 0.2) is 23.2 Å². The maximum atomic E-state index is 12.6. The molecule has 0 unspecified atom stereocenters. The number of hydrogen-bond donors (Lipinski definition) is 4. The summed E-state index contributed by atoms with van der Waals surface area (Å²) >= 11 is 0. The van der Waals surface area contributed by atoms with Crippen molar-refractivity contribution in [1.82, 2.24) is 20.8 Å². The summed E-state index contributed by atoms with van der Waals surface area (Å²) in [6.07, 6.45) is 3.97. The zero-order chi connectivity index (χ0) is 22.9. The van der Waals surface area contributed by atoms with Crippen LogP contribution in [0.3, 0.4) is 0 Å². The van der Waals surface area contributed by atoms with Gasteiger partial charge in [-0.2, -0.15) is 0 Å². The second-order valence-corrected chi connectivity index (χ2v) is 7.82. The number of amides is 1. The molecule has 10 heteroatoms. The number of carbonyl (C=O) groups is 1. The molecule has 0 aliphatic heterocycles. The molecule has 2 atom stereocenters. The van der Waals surface area contributed by atoms with Gasteiger partial charge in [0.25, 0.3) is 5.91 Å². The number of anilines is 1. The van der Waals surface area contributed by atoms with E-state index in [1.165, 1.54) is 0 Å². The Bertz CT molecular complexity index is 951. The van der Waals surface area contributed by atoms with E-state index >= 15 is 0 Å². The zero-order valence-corrected chi connectivity index (χ0v) is 19.0. The summed E-state index contributed by atoms with van der Waals surface area (Å²) in [5, 5.41) is 7.19. The minimum atomic E-state index is -0.337. The number of methoxy groups -OCH3 is 1. The van der Waals surface area contributed by atoms with Gasteiger partial charge >= 0.3 is 0 Å². The quantitative estimate of drug-likeness (QED) is 0.200. The highest BCUT2D eigenvalue weighted by Crippen LogP contribution is 2.28. The molecule has 32 heavy (non-hydrogen) atoms. The summed E-state index contributed by atoms with van der Waals surface area (Å²) in [6, 6.07) is 5.89. The number of rotatable bonds is 9. The lowest BCUT2D eigenvalue weighted by Crippen LogP contribution is -2.40. The topological polar surface area (TPSA) is 136 Å². The van der Waals surface area contributed by atoms with Crippen LogP contribution in [0.4, 0.5) is 5.82 Å². The molecule has 2 aromatic rings. The average Bonchev–Trinajstić information content (AvgIpc) is 2.79. The van der Waals surface area contributed by atoms with E-state index in [0.717, 1.165) is 36.6 Å². The molecule has 1 aliphatic rings. The molecule has 1 saturated carbocycles. The molecule has 1 aromatic carbocycles. The molecule has 1 aliphatic carbocycles. The van der Waals surface area contributed by atoms with Gasteiger partial charge in [0, 0.05) is 19.0 Å². The van der Waals surface area contributed by atoms with Crippen LogP contribution in [0, 0.1) is 6.92 Å². The smallest absolute Gasteiger partial charge is 0.289 e. The van der Waals surface area contributed by atoms with Crippen molar-refractivity contribution in [3.63, 3.8) is 0 Å². The van der Waals surface area contributed by atoms with Crippen LogP contribution < -0.4 is 21.8 Å². The Morgan fingerprint density at radius 1 is 1.28 bits per heavy atom. The predicted molar refractivity (Wildman–Crippen MR) is 125 cm³/mol. The predicted octanol–water partition coefficient (Wildman–Crippen LogP) is 1.89. The molecule has 3 rings (SSSR count). The van der Waals surface area contributed by atoms with E-state index in [-0.39, 0.29) is 29.8 Å². The van der Waals surface area contributed by atoms with E-state index in [4.69, 9.17) is 15.3 Å². The van der Waals surface area contributed by atoms with Crippen LogP contribution in [0.2, 0.25) is 0 Å². The lowest BCUT2D eigenvalue weighted by atomic mass is 9.90. The molecule has 0 bridgehead atoms. The van der Waals surface area contributed by atoms with E-state index in [1.807, 2.05) is 32.0 Å². The van der Waals surface area contributed by atoms with Crippen LogP contribution in [-0.4, -0.2) is 60.8 Å². The molecular weight excluding hydrogens is 410 g/mol. The number of nitrogens with one attached hydrogen (secondary N) is 3. The standard InChI is InChI=1S/C22H33N7O3/c1-4-32-29-22(23)27-18-8-6-5-7-17(18)26-19-15-13-14(2)9-10-16(15)25-20(28-19)21(30)24-11-12-31-3/h9-10,13,17-18H,4-8,11-12H2,1-3H3,(H,24,30)(H3,23,27,29)(H,25,26,28)/t17-,18+/m0/s1. The lowest BCUT2D eigenvalue weighted by Gasteiger charge is -2.30. The summed E-state index contributed by atoms with van der Waals surface area (Å²) in [6.45, 7) is 5.18. The molecule has 0 radical (unpaired) electrons. The number of aliphatic imine (C=N–C) groups is 1. The highest BCUT2D eigenvalue weighted by atomic mass is 16.6. The Morgan fingerprint density at radius 2 is 2.09 bits per heavy atom. The number of aromatic nitrogens is 2. The summed E-state index contributed by atoms with van der Waals surface area (Å²) in [5.74, 6) is 0.662. The van der Waals surface area contributed by atoms with E-state index < -0.39 is 0 Å². The molecule has 1 aromatic heterocycles. The van der Waals surface area contributed by atoms with Crippen molar-refractivity contribution in [2.24, 2.45) is 10.7 Å². The van der Waals surface area contributed by atoms with Gasteiger partial charge in [0.15, 0.2) is 0 Å². The minimum Gasteiger partial charge on any atom is -0.383 e. The van der Waals surface area contributed by atoms with Gasteiger partial charge in [-0.25, -0.2) is 20.4 Å². The summed E-state index contributed by atoms with van der Waals surface area (Å²) in [5.41, 5.74) is 10.4. The first kappa shape index (κ1) is 23.7. The number of nitrogens with two attached hydrogens (primary N) is 1. The van der Waals surface area contributed by atoms with Crippen molar-refractivity contribution in [3.8, 4) is 0 Å². The fourth-order valence-electron chi connectivity index (χ4n) is 3.76. The van der Waals surface area contributed by atoms with Gasteiger partial charge in [-0.3, -0.25) is 9.63 Å². The average molecular weight is 444 g/mol. The number of fused-ring (bicyclic) bond motifs is 1. The highest BCUT2D eigenvalue weighted by Gasteiger charge is 2.26. The zero-order valence-electron chi connectivity index (χ0n) is 19.0. The van der Waals surface area contributed by atoms with Gasteiger partial charge in [-0.15, -0.1) is 0 Å². The number of carbonyl (C=O) groups excluding carboxylic acids is 1. The van der Waals surface area contributed by atoms with Crippen LogP contribution in [-0.2, 0) is 9.57 Å². The van der Waals surface area contributed by atoms with Crippen molar-refractivity contribution in [1.29, 1.82) is 0 Å². The van der Waals surface area contributed by atoms with E-state index in [9.17, 15) is 4.79 Å². The van der Waals surface area contributed by atoms with Gasteiger partial charge in [-0.1, -0.05) is 24.5 Å². The largest absolute Gasteiger partial charge is 0.383 e. The van der Waals surface area contributed by atoms with Crippen molar-refractivity contribution >= 4 is 28.6 Å². The van der Waals surface area contributed by atoms with E-state index in [1.54, 1.807) is 7.11 Å². The number of ether oxygens (including phenoxy) is 1. The van der Waals surface area contributed by atoms with Crippen molar-refractivity contribution in [2.75, 3.05) is 32.2 Å². The first-order valence-electron chi connectivity index (χ1n) is 11.0. The summed E-state index contributed by atoms with van der Waals surface area (Å²) in [4.78, 5) is 31.4. The second kappa shape index (κ2) is 11.6. The Labute approximate surface area is 188 Å². The van der Waals surface area contributed by atoms with Gasteiger partial charge in [0.2, 0.25) is 11.8 Å². The monoisotopic (exact) mass is 443 g/mol. The number of guanidine groups is 1. The van der Waals surface area contributed by atoms with Crippen LogP contribution in [0.25, 0.3) is 10.9 Å². The van der Waals surface area contributed by atoms with E-state index in [0.29, 0.717) is 31.1 Å². The fourth-order valence-corrected chi connectivity index (χ4v) is 3.76. The third kappa shape index (κ3) is 6.27. The van der Waals surface area contributed by atoms with Crippen molar-refractivity contribution in [3.05, 3.63) is 29.6 Å².